The van der Waals surface area contributed by atoms with Crippen LogP contribution >= 0.6 is 0 Å². The van der Waals surface area contributed by atoms with E-state index in [9.17, 15) is 19.8 Å². The van der Waals surface area contributed by atoms with E-state index in [-0.39, 0.29) is 51.5 Å². The molecular weight excluding hydrogens is 324 g/mol. The molecule has 0 saturated heterocycles. The van der Waals surface area contributed by atoms with Gasteiger partial charge in [-0.15, -0.1) is 0 Å². The Morgan fingerprint density at radius 3 is 1.54 bits per heavy atom. The van der Waals surface area contributed by atoms with Gasteiger partial charge in [0, 0.05) is 12.8 Å². The molecule has 0 bridgehead atoms. The summed E-state index contributed by atoms with van der Waals surface area (Å²) in [5, 5.41) is 39.2. The van der Waals surface area contributed by atoms with Crippen LogP contribution in [0, 0.1) is 0 Å². The van der Waals surface area contributed by atoms with E-state index in [0.29, 0.717) is 9.80 Å². The normalized spacial score (nSPS) is 23.6. The van der Waals surface area contributed by atoms with E-state index < -0.39 is 11.9 Å². The van der Waals surface area contributed by atoms with Gasteiger partial charge in [-0.05, 0) is 12.8 Å². The van der Waals surface area contributed by atoms with Crippen molar-refractivity contribution in [3.05, 3.63) is 0 Å². The molecule has 24 heavy (non-hydrogen) atoms. The Bertz CT molecular complexity index is 359. The molecule has 0 amide bonds. The summed E-state index contributed by atoms with van der Waals surface area (Å²) in [7, 11) is 0. The van der Waals surface area contributed by atoms with Gasteiger partial charge in [0.1, 0.15) is 51.5 Å². The molecule has 1 saturated carbocycles. The molecule has 4 N–H and O–H groups in total. The van der Waals surface area contributed by atoms with E-state index in [0.717, 1.165) is 25.7 Å². The molecule has 1 aliphatic rings. The van der Waals surface area contributed by atoms with Gasteiger partial charge in [-0.3, -0.25) is 10.5 Å². The molecule has 140 valence electrons. The number of rotatable bonds is 12. The van der Waals surface area contributed by atoms with Gasteiger partial charge in [-0.2, -0.15) is 0 Å². The topological polar surface area (TPSA) is 148 Å². The zero-order valence-corrected chi connectivity index (χ0v) is 13.6. The van der Waals surface area contributed by atoms with Crippen LogP contribution in [0.2, 0.25) is 0 Å². The number of nitrogens with one attached hydrogen (secondary N) is 2. The molecule has 0 aliphatic heterocycles. The molecule has 1 fully saturated rings. The van der Waals surface area contributed by atoms with Gasteiger partial charge in [0.25, 0.3) is 0 Å². The highest BCUT2D eigenvalue weighted by Gasteiger charge is 2.40. The van der Waals surface area contributed by atoms with Gasteiger partial charge in [-0.1, -0.05) is 0 Å². The number of hydrogen-bond donors (Lipinski definition) is 4. The van der Waals surface area contributed by atoms with Crippen molar-refractivity contribution < 1.29 is 49.9 Å². The lowest BCUT2D eigenvalue weighted by molar-refractivity contribution is -0.992. The molecule has 10 heteroatoms. The van der Waals surface area contributed by atoms with Crippen LogP contribution in [-0.2, 0) is 19.4 Å². The average Bonchev–Trinajstić information content (AvgIpc) is 2.54. The third-order valence-corrected chi connectivity index (χ3v) is 4.59. The van der Waals surface area contributed by atoms with Gasteiger partial charge in [0.2, 0.25) is 0 Å². The van der Waals surface area contributed by atoms with Crippen molar-refractivity contribution in [2.24, 2.45) is 0 Å². The molecular formula is C14H26N2O8. The lowest BCUT2D eigenvalue weighted by Crippen LogP contribution is -3.27. The quantitative estimate of drug-likeness (QED) is 0.201. The second kappa shape index (κ2) is 11.3. The van der Waals surface area contributed by atoms with Crippen molar-refractivity contribution in [3.8, 4) is 0 Å². The lowest BCUT2D eigenvalue weighted by atomic mass is 9.87. The maximum atomic E-state index is 11.0. The Kier molecular flexibility index (Phi) is 9.76. The average molecular weight is 350 g/mol. The Balaban J connectivity index is 2.90. The Morgan fingerprint density at radius 2 is 1.25 bits per heavy atom. The minimum absolute atomic E-state index is 0.0264. The van der Waals surface area contributed by atoms with E-state index in [2.05, 4.69) is 9.78 Å². The molecule has 0 heterocycles. The molecule has 1 aliphatic carbocycles. The van der Waals surface area contributed by atoms with Gasteiger partial charge in [-0.25, -0.2) is 9.78 Å². The molecule has 0 aromatic carbocycles. The summed E-state index contributed by atoms with van der Waals surface area (Å²) in [6.07, 6.45) is 3.28. The summed E-state index contributed by atoms with van der Waals surface area (Å²) >= 11 is 0. The fourth-order valence-electron chi connectivity index (χ4n) is 3.64. The summed E-state index contributed by atoms with van der Waals surface area (Å²) in [6, 6.07) is -0.250. The maximum Gasteiger partial charge on any atom is 0.140 e. The highest BCUT2D eigenvalue weighted by molar-refractivity contribution is 5.65. The molecule has 4 atom stereocenters. The third-order valence-electron chi connectivity index (χ3n) is 4.59. The maximum absolute atomic E-state index is 11.0. The predicted octanol–water partition coefficient (Wildman–Crippen LogP) is -5.45. The fourth-order valence-corrected chi connectivity index (χ4v) is 3.64. The SMILES string of the molecule is O=C([O-])C[NH+](CCOO)C1CCCCC1[NH+](CCOO)CC(=O)[O-]. The Hall–Kier alpha value is -1.30. The largest absolute Gasteiger partial charge is 0.544 e. The fraction of sp³-hybridized carbons (Fsp3) is 0.857. The van der Waals surface area contributed by atoms with Crippen molar-refractivity contribution in [2.45, 2.75) is 37.8 Å². The first-order chi connectivity index (χ1) is 11.5. The summed E-state index contributed by atoms with van der Waals surface area (Å²) in [5.74, 6) is -2.43. The molecule has 0 radical (unpaired) electrons. The minimum Gasteiger partial charge on any atom is -0.544 e. The van der Waals surface area contributed by atoms with E-state index in [1.54, 1.807) is 0 Å². The van der Waals surface area contributed by atoms with Gasteiger partial charge in [0.15, 0.2) is 0 Å². The number of carbonyl (C=O) groups excluding carboxylic acids is 2. The van der Waals surface area contributed by atoms with Gasteiger partial charge >= 0.3 is 0 Å². The predicted molar refractivity (Wildman–Crippen MR) is 74.6 cm³/mol. The number of carbonyl (C=O) groups is 2. The summed E-state index contributed by atoms with van der Waals surface area (Å²) in [6.45, 7) is -0.0242. The van der Waals surface area contributed by atoms with Crippen LogP contribution < -0.4 is 20.0 Å². The van der Waals surface area contributed by atoms with Crippen LogP contribution in [0.1, 0.15) is 25.7 Å². The van der Waals surface area contributed by atoms with E-state index in [4.69, 9.17) is 10.5 Å². The van der Waals surface area contributed by atoms with Crippen LogP contribution in [0.25, 0.3) is 0 Å². The van der Waals surface area contributed by atoms with Crippen molar-refractivity contribution in [2.75, 3.05) is 39.4 Å². The first kappa shape index (κ1) is 20.7. The highest BCUT2D eigenvalue weighted by atomic mass is 17.1. The second-order valence-corrected chi connectivity index (χ2v) is 6.08. The first-order valence-electron chi connectivity index (χ1n) is 8.11. The zero-order chi connectivity index (χ0) is 17.9. The minimum atomic E-state index is -1.22. The van der Waals surface area contributed by atoms with Crippen LogP contribution in [0.5, 0.6) is 0 Å². The van der Waals surface area contributed by atoms with Crippen LogP contribution in [0.15, 0.2) is 0 Å². The molecule has 10 nitrogen and oxygen atoms in total. The second-order valence-electron chi connectivity index (χ2n) is 6.08. The molecule has 0 aromatic heterocycles. The number of aliphatic carboxylic acids is 2. The lowest BCUT2D eigenvalue weighted by Gasteiger charge is -2.40. The number of carboxylic acid groups (broad SMARTS) is 2. The number of carboxylic acids is 2. The highest BCUT2D eigenvalue weighted by Crippen LogP contribution is 2.15. The zero-order valence-electron chi connectivity index (χ0n) is 13.6. The standard InChI is InChI=1S/C14H26N2O8/c17-13(18)9-15(5-7-23-21)11-3-1-2-4-12(11)16(6-8-24-22)10-14(19)20/h11-12,21-22H,1-10H2,(H,17,18)(H,19,20). The van der Waals surface area contributed by atoms with Crippen molar-refractivity contribution in [1.82, 2.24) is 0 Å². The van der Waals surface area contributed by atoms with Crippen LogP contribution in [0.4, 0.5) is 0 Å². The summed E-state index contributed by atoms with van der Waals surface area (Å²) in [4.78, 5) is 31.6. The summed E-state index contributed by atoms with van der Waals surface area (Å²) < 4.78 is 0. The Labute approximate surface area is 140 Å². The monoisotopic (exact) mass is 350 g/mol. The van der Waals surface area contributed by atoms with E-state index in [1.165, 1.54) is 0 Å². The number of hydrogen-bond acceptors (Lipinski definition) is 8. The third kappa shape index (κ3) is 7.07. The van der Waals surface area contributed by atoms with Crippen molar-refractivity contribution in [3.63, 3.8) is 0 Å². The van der Waals surface area contributed by atoms with Crippen LogP contribution in [0.3, 0.4) is 0 Å². The molecule has 1 rings (SSSR count). The molecule has 4 unspecified atom stereocenters. The van der Waals surface area contributed by atoms with Crippen molar-refractivity contribution in [1.29, 1.82) is 0 Å². The van der Waals surface area contributed by atoms with Crippen LogP contribution in [-0.4, -0.2) is 73.9 Å². The molecule has 0 aromatic rings. The van der Waals surface area contributed by atoms with E-state index in [1.807, 2.05) is 0 Å². The van der Waals surface area contributed by atoms with Crippen molar-refractivity contribution >= 4 is 11.9 Å². The van der Waals surface area contributed by atoms with Gasteiger partial charge < -0.3 is 29.6 Å². The van der Waals surface area contributed by atoms with E-state index >= 15 is 0 Å². The van der Waals surface area contributed by atoms with Gasteiger partial charge in [0.05, 0.1) is 11.9 Å². The smallest absolute Gasteiger partial charge is 0.140 e. The first-order valence-corrected chi connectivity index (χ1v) is 8.11. The molecule has 0 spiro atoms. The number of quaternary nitrogens is 2. The Morgan fingerprint density at radius 1 is 0.875 bits per heavy atom. The summed E-state index contributed by atoms with van der Waals surface area (Å²) in [5.41, 5.74) is 0.